The first-order valence-corrected chi connectivity index (χ1v) is 9.45. The van der Waals surface area contributed by atoms with Crippen molar-refractivity contribution in [3.05, 3.63) is 52.1 Å². The van der Waals surface area contributed by atoms with Crippen molar-refractivity contribution in [2.45, 2.75) is 38.7 Å². The molecule has 1 aromatic carbocycles. The van der Waals surface area contributed by atoms with E-state index in [0.29, 0.717) is 11.1 Å². The van der Waals surface area contributed by atoms with Gasteiger partial charge in [0.2, 0.25) is 0 Å². The number of pyridine rings is 1. The van der Waals surface area contributed by atoms with Gasteiger partial charge in [-0.15, -0.1) is 0 Å². The number of carbonyl (C=O) groups is 2. The zero-order valence-corrected chi connectivity index (χ0v) is 16.4. The molecule has 0 saturated heterocycles. The third-order valence-corrected chi connectivity index (χ3v) is 5.01. The summed E-state index contributed by atoms with van der Waals surface area (Å²) < 4.78 is 23.7. The number of amides is 1. The molecular formula is C20H17ClFN3O4. The van der Waals surface area contributed by atoms with Gasteiger partial charge < -0.3 is 14.6 Å². The number of nitrogens with zero attached hydrogens (tertiary/aromatic N) is 2. The van der Waals surface area contributed by atoms with Crippen molar-refractivity contribution in [2.24, 2.45) is 0 Å². The molecule has 7 nitrogen and oxygen atoms in total. The molecule has 1 fully saturated rings. The van der Waals surface area contributed by atoms with E-state index in [1.807, 2.05) is 0 Å². The Kier molecular flexibility index (Phi) is 4.96. The van der Waals surface area contributed by atoms with Crippen molar-refractivity contribution in [3.8, 4) is 0 Å². The fraction of sp³-hybridized carbons (Fsp3) is 0.300. The first kappa shape index (κ1) is 19.3. The van der Waals surface area contributed by atoms with Gasteiger partial charge in [-0.05, 0) is 51.0 Å². The average Bonchev–Trinajstić information content (AvgIpc) is 3.46. The smallest absolute Gasteiger partial charge is 0.339 e. The lowest BCUT2D eigenvalue weighted by Crippen LogP contribution is -2.30. The maximum absolute atomic E-state index is 13.1. The van der Waals surface area contributed by atoms with Crippen molar-refractivity contribution in [2.75, 3.05) is 5.32 Å². The van der Waals surface area contributed by atoms with Crippen molar-refractivity contribution >= 4 is 40.3 Å². The van der Waals surface area contributed by atoms with Gasteiger partial charge in [-0.1, -0.05) is 16.8 Å². The number of halogens is 2. The molecule has 2 aromatic heterocycles. The lowest BCUT2D eigenvalue weighted by molar-refractivity contribution is -0.123. The van der Waals surface area contributed by atoms with E-state index in [-0.39, 0.29) is 27.9 Å². The van der Waals surface area contributed by atoms with Crippen LogP contribution in [0.4, 0.5) is 10.1 Å². The summed E-state index contributed by atoms with van der Waals surface area (Å²) in [5.41, 5.74) is 2.01. The second kappa shape index (κ2) is 7.44. The second-order valence-electron chi connectivity index (χ2n) is 6.98. The van der Waals surface area contributed by atoms with Crippen LogP contribution in [0.1, 0.15) is 47.4 Å². The standard InChI is InChI=1S/C20H17ClFN3O4/c1-9-17-13(8-16(11-3-4-11)24-19(17)29-25-9)20(27)28-10(2)18(26)23-15-6-5-12(22)7-14(15)21/h5-8,10-11H,3-4H2,1-2H3,(H,23,26)/t10-/m0/s1. The molecule has 0 spiro atoms. The molecule has 0 bridgehead atoms. The van der Waals surface area contributed by atoms with Crippen molar-refractivity contribution in [1.82, 2.24) is 10.1 Å². The van der Waals surface area contributed by atoms with Crippen molar-refractivity contribution in [3.63, 3.8) is 0 Å². The van der Waals surface area contributed by atoms with E-state index in [4.69, 9.17) is 20.9 Å². The number of fused-ring (bicyclic) bond motifs is 1. The van der Waals surface area contributed by atoms with Crippen LogP contribution in [0.5, 0.6) is 0 Å². The van der Waals surface area contributed by atoms with Crippen LogP contribution in [0.3, 0.4) is 0 Å². The second-order valence-corrected chi connectivity index (χ2v) is 7.39. The van der Waals surface area contributed by atoms with E-state index in [1.165, 1.54) is 19.1 Å². The topological polar surface area (TPSA) is 94.3 Å². The van der Waals surface area contributed by atoms with E-state index in [2.05, 4.69) is 15.5 Å². The van der Waals surface area contributed by atoms with Gasteiger partial charge in [0.1, 0.15) is 5.82 Å². The molecule has 0 aliphatic heterocycles. The van der Waals surface area contributed by atoms with Crippen molar-refractivity contribution in [1.29, 1.82) is 0 Å². The number of esters is 1. The van der Waals surface area contributed by atoms with E-state index in [9.17, 15) is 14.0 Å². The van der Waals surface area contributed by atoms with Gasteiger partial charge >= 0.3 is 5.97 Å². The molecule has 9 heteroatoms. The number of ether oxygens (including phenoxy) is 1. The van der Waals surface area contributed by atoms with Gasteiger partial charge in [0.05, 0.1) is 27.4 Å². The highest BCUT2D eigenvalue weighted by Crippen LogP contribution is 2.40. The fourth-order valence-electron chi connectivity index (χ4n) is 2.97. The Bertz CT molecular complexity index is 1130. The number of hydrogen-bond acceptors (Lipinski definition) is 6. The van der Waals surface area contributed by atoms with E-state index in [1.54, 1.807) is 13.0 Å². The molecule has 29 heavy (non-hydrogen) atoms. The number of nitrogens with one attached hydrogen (secondary N) is 1. The zero-order valence-electron chi connectivity index (χ0n) is 15.7. The molecule has 4 rings (SSSR count). The van der Waals surface area contributed by atoms with Crippen molar-refractivity contribution < 1.29 is 23.2 Å². The number of aryl methyl sites for hydroxylation is 1. The van der Waals surface area contributed by atoms with Gasteiger partial charge in [-0.3, -0.25) is 4.79 Å². The molecule has 1 aliphatic rings. The van der Waals surface area contributed by atoms with Crippen LogP contribution in [0.15, 0.2) is 28.8 Å². The summed E-state index contributed by atoms with van der Waals surface area (Å²) in [6.07, 6.45) is 0.880. The normalized spacial score (nSPS) is 14.6. The van der Waals surface area contributed by atoms with Gasteiger partial charge in [-0.2, -0.15) is 0 Å². The maximum Gasteiger partial charge on any atom is 0.339 e. The first-order valence-electron chi connectivity index (χ1n) is 9.07. The van der Waals surface area contributed by atoms with Crippen LogP contribution in [0.25, 0.3) is 11.1 Å². The van der Waals surface area contributed by atoms with Gasteiger partial charge in [0.15, 0.2) is 6.10 Å². The molecule has 1 N–H and O–H groups in total. The lowest BCUT2D eigenvalue weighted by atomic mass is 10.1. The molecule has 150 valence electrons. The predicted molar refractivity (Wildman–Crippen MR) is 103 cm³/mol. The van der Waals surface area contributed by atoms with E-state index < -0.39 is 23.8 Å². The number of hydrogen-bond donors (Lipinski definition) is 1. The highest BCUT2D eigenvalue weighted by molar-refractivity contribution is 6.33. The number of anilines is 1. The van der Waals surface area contributed by atoms with E-state index in [0.717, 1.165) is 24.6 Å². The molecule has 1 aliphatic carbocycles. The minimum atomic E-state index is -1.11. The Morgan fingerprint density at radius 3 is 2.79 bits per heavy atom. The van der Waals surface area contributed by atoms with Crippen LogP contribution < -0.4 is 5.32 Å². The highest BCUT2D eigenvalue weighted by atomic mass is 35.5. The Balaban J connectivity index is 1.54. The SMILES string of the molecule is Cc1noc2nc(C3CC3)cc(C(=O)O[C@@H](C)C(=O)Nc3ccc(F)cc3Cl)c12. The largest absolute Gasteiger partial charge is 0.449 e. The predicted octanol–water partition coefficient (Wildman–Crippen LogP) is 4.39. The Morgan fingerprint density at radius 2 is 2.10 bits per heavy atom. The van der Waals surface area contributed by atoms with Gasteiger partial charge in [0.25, 0.3) is 11.6 Å². The molecule has 2 heterocycles. The lowest BCUT2D eigenvalue weighted by Gasteiger charge is -2.15. The number of rotatable bonds is 5. The van der Waals surface area contributed by atoms with Crippen LogP contribution in [-0.2, 0) is 9.53 Å². The highest BCUT2D eigenvalue weighted by Gasteiger charge is 2.30. The molecule has 1 amide bonds. The number of benzene rings is 1. The number of aromatic nitrogens is 2. The summed E-state index contributed by atoms with van der Waals surface area (Å²) in [4.78, 5) is 29.6. The minimum absolute atomic E-state index is 0.0434. The molecule has 3 aromatic rings. The quantitative estimate of drug-likeness (QED) is 0.619. The summed E-state index contributed by atoms with van der Waals surface area (Å²) in [6, 6.07) is 5.25. The molecule has 0 radical (unpaired) electrons. The monoisotopic (exact) mass is 417 g/mol. The van der Waals surface area contributed by atoms with Crippen LogP contribution in [0, 0.1) is 12.7 Å². The molecule has 0 unspecified atom stereocenters. The van der Waals surface area contributed by atoms with Crippen LogP contribution in [-0.4, -0.2) is 28.1 Å². The Morgan fingerprint density at radius 1 is 1.34 bits per heavy atom. The molecule has 1 saturated carbocycles. The van der Waals surface area contributed by atoms with E-state index >= 15 is 0 Å². The van der Waals surface area contributed by atoms with Crippen LogP contribution in [0.2, 0.25) is 5.02 Å². The van der Waals surface area contributed by atoms with Gasteiger partial charge in [-0.25, -0.2) is 14.2 Å². The minimum Gasteiger partial charge on any atom is -0.449 e. The van der Waals surface area contributed by atoms with Crippen LogP contribution >= 0.6 is 11.6 Å². The zero-order chi connectivity index (χ0) is 20.7. The Labute approximate surface area is 170 Å². The summed E-state index contributed by atoms with van der Waals surface area (Å²) >= 11 is 5.92. The Hall–Kier alpha value is -3.00. The molecular weight excluding hydrogens is 401 g/mol. The summed E-state index contributed by atoms with van der Waals surface area (Å²) in [7, 11) is 0. The summed E-state index contributed by atoms with van der Waals surface area (Å²) in [5, 5.41) is 6.91. The summed E-state index contributed by atoms with van der Waals surface area (Å²) in [5.74, 6) is -1.51. The summed E-state index contributed by atoms with van der Waals surface area (Å²) in [6.45, 7) is 3.14. The maximum atomic E-state index is 13.1. The first-order chi connectivity index (χ1) is 13.8. The van der Waals surface area contributed by atoms with Gasteiger partial charge in [0, 0.05) is 11.6 Å². The fourth-order valence-corrected chi connectivity index (χ4v) is 3.18. The number of carbonyl (C=O) groups excluding carboxylic acids is 2. The average molecular weight is 418 g/mol. The third-order valence-electron chi connectivity index (χ3n) is 4.69. The molecule has 1 atom stereocenters. The third kappa shape index (κ3) is 3.93.